The van der Waals surface area contributed by atoms with Gasteiger partial charge in [-0.3, -0.25) is 4.79 Å². The Morgan fingerprint density at radius 1 is 1.13 bits per heavy atom. The molecule has 0 spiro atoms. The molecule has 1 aliphatic heterocycles. The molecular weight excluding hydrogens is 290 g/mol. The average Bonchev–Trinajstić information content (AvgIpc) is 3.20. The van der Waals surface area contributed by atoms with E-state index in [1.165, 1.54) is 11.1 Å². The molecule has 1 heterocycles. The second-order valence-corrected chi connectivity index (χ2v) is 6.73. The van der Waals surface area contributed by atoms with Gasteiger partial charge in [0.15, 0.2) is 0 Å². The first-order valence-corrected chi connectivity index (χ1v) is 8.77. The van der Waals surface area contributed by atoms with Crippen LogP contribution in [0.25, 0.3) is 0 Å². The van der Waals surface area contributed by atoms with Crippen molar-refractivity contribution in [2.45, 2.75) is 57.4 Å². The highest BCUT2D eigenvalue weighted by molar-refractivity contribution is 5.88. The molecule has 0 unspecified atom stereocenters. The van der Waals surface area contributed by atoms with Crippen molar-refractivity contribution in [1.29, 1.82) is 0 Å². The largest absolute Gasteiger partial charge is 0.392 e. The van der Waals surface area contributed by atoms with E-state index in [4.69, 9.17) is 4.74 Å². The lowest BCUT2D eigenvalue weighted by molar-refractivity contribution is -0.161. The van der Waals surface area contributed by atoms with E-state index in [1.807, 2.05) is 0 Å². The van der Waals surface area contributed by atoms with Crippen LogP contribution < -0.4 is 5.32 Å². The van der Waals surface area contributed by atoms with Gasteiger partial charge >= 0.3 is 11.9 Å². The Morgan fingerprint density at radius 2 is 1.87 bits per heavy atom. The van der Waals surface area contributed by atoms with E-state index < -0.39 is 5.97 Å². The Bertz CT molecular complexity index is 538. The molecule has 0 radical (unpaired) electrons. The first-order valence-electron chi connectivity index (χ1n) is 8.77. The number of esters is 2. The summed E-state index contributed by atoms with van der Waals surface area (Å²) in [6.45, 7) is 0.831. The minimum Gasteiger partial charge on any atom is -0.392 e. The SMILES string of the molecule is O=C(CCCCC1Cc2ccccc2C1)OC(=O)[C@@H]1CCCN1. The number of carbonyl (C=O) groups is 2. The molecule has 1 saturated heterocycles. The fraction of sp³-hybridized carbons (Fsp3) is 0.579. The zero-order valence-corrected chi connectivity index (χ0v) is 13.6. The van der Waals surface area contributed by atoms with Gasteiger partial charge in [0.05, 0.1) is 0 Å². The molecule has 0 saturated carbocycles. The number of rotatable bonds is 6. The molecule has 4 heteroatoms. The molecular formula is C19H25NO3. The Morgan fingerprint density at radius 3 is 2.52 bits per heavy atom. The van der Waals surface area contributed by atoms with Crippen LogP contribution in [-0.4, -0.2) is 24.5 Å². The Kier molecular flexibility index (Phi) is 5.44. The number of carbonyl (C=O) groups excluding carboxylic acids is 2. The summed E-state index contributed by atoms with van der Waals surface area (Å²) in [5, 5.41) is 3.05. The van der Waals surface area contributed by atoms with E-state index in [-0.39, 0.29) is 12.0 Å². The fourth-order valence-corrected chi connectivity index (χ4v) is 3.68. The summed E-state index contributed by atoms with van der Waals surface area (Å²) in [7, 11) is 0. The molecule has 1 atom stereocenters. The average molecular weight is 315 g/mol. The van der Waals surface area contributed by atoms with Gasteiger partial charge in [0.25, 0.3) is 0 Å². The molecule has 124 valence electrons. The maximum atomic E-state index is 11.7. The van der Waals surface area contributed by atoms with Crippen molar-refractivity contribution in [2.75, 3.05) is 6.54 Å². The first kappa shape index (κ1) is 16.2. The quantitative estimate of drug-likeness (QED) is 0.498. The maximum absolute atomic E-state index is 11.7. The standard InChI is InChI=1S/C19H25NO3/c21-18(23-19(22)17-9-5-11-20-17)10-4-1-6-14-12-15-7-2-3-8-16(15)13-14/h2-3,7-8,14,17,20H,1,4-6,9-13H2/t17-/m0/s1. The lowest BCUT2D eigenvalue weighted by Gasteiger charge is -2.10. The number of nitrogens with one attached hydrogen (secondary N) is 1. The van der Waals surface area contributed by atoms with E-state index >= 15 is 0 Å². The molecule has 1 aromatic carbocycles. The Labute approximate surface area is 137 Å². The van der Waals surface area contributed by atoms with Gasteiger partial charge in [0, 0.05) is 6.42 Å². The van der Waals surface area contributed by atoms with Crippen LogP contribution in [0.15, 0.2) is 24.3 Å². The molecule has 1 aliphatic carbocycles. The fourth-order valence-electron chi connectivity index (χ4n) is 3.68. The predicted octanol–water partition coefficient (Wildman–Crippen LogP) is 2.78. The lowest BCUT2D eigenvalue weighted by atomic mass is 9.98. The van der Waals surface area contributed by atoms with Crippen molar-refractivity contribution in [3.8, 4) is 0 Å². The molecule has 1 fully saturated rings. The van der Waals surface area contributed by atoms with E-state index in [9.17, 15) is 9.59 Å². The van der Waals surface area contributed by atoms with Crippen LogP contribution >= 0.6 is 0 Å². The smallest absolute Gasteiger partial charge is 0.330 e. The van der Waals surface area contributed by atoms with Crippen LogP contribution in [0.5, 0.6) is 0 Å². The van der Waals surface area contributed by atoms with Crippen molar-refractivity contribution >= 4 is 11.9 Å². The summed E-state index contributed by atoms with van der Waals surface area (Å²) < 4.78 is 4.92. The van der Waals surface area contributed by atoms with Gasteiger partial charge in [-0.15, -0.1) is 0 Å². The molecule has 4 nitrogen and oxygen atoms in total. The number of ether oxygens (including phenoxy) is 1. The van der Waals surface area contributed by atoms with Gasteiger partial charge in [0.1, 0.15) is 6.04 Å². The third kappa shape index (κ3) is 4.41. The monoisotopic (exact) mass is 315 g/mol. The number of fused-ring (bicyclic) bond motifs is 1. The molecule has 2 aliphatic rings. The summed E-state index contributed by atoms with van der Waals surface area (Å²) in [4.78, 5) is 23.4. The molecule has 0 amide bonds. The van der Waals surface area contributed by atoms with Gasteiger partial charge in [-0.2, -0.15) is 0 Å². The lowest BCUT2D eigenvalue weighted by Crippen LogP contribution is -2.33. The van der Waals surface area contributed by atoms with E-state index in [0.717, 1.165) is 51.5 Å². The van der Waals surface area contributed by atoms with Crippen molar-refractivity contribution < 1.29 is 14.3 Å². The summed E-state index contributed by atoms with van der Waals surface area (Å²) in [5.74, 6) is -0.0788. The highest BCUT2D eigenvalue weighted by atomic mass is 16.6. The van der Waals surface area contributed by atoms with Crippen LogP contribution in [0.4, 0.5) is 0 Å². The van der Waals surface area contributed by atoms with E-state index in [2.05, 4.69) is 29.6 Å². The van der Waals surface area contributed by atoms with Crippen molar-refractivity contribution in [2.24, 2.45) is 5.92 Å². The highest BCUT2D eigenvalue weighted by Gasteiger charge is 2.25. The Balaban J connectivity index is 1.30. The molecule has 1 N–H and O–H groups in total. The normalized spacial score (nSPS) is 20.4. The first-order chi connectivity index (χ1) is 11.2. The second kappa shape index (κ2) is 7.73. The van der Waals surface area contributed by atoms with Crippen LogP contribution in [0, 0.1) is 5.92 Å². The minimum absolute atomic E-state index is 0.282. The number of hydrogen-bond acceptors (Lipinski definition) is 4. The minimum atomic E-state index is -0.404. The number of benzene rings is 1. The molecule has 23 heavy (non-hydrogen) atoms. The third-order valence-electron chi connectivity index (χ3n) is 4.94. The molecule has 0 bridgehead atoms. The predicted molar refractivity (Wildman–Crippen MR) is 87.9 cm³/mol. The third-order valence-corrected chi connectivity index (χ3v) is 4.94. The van der Waals surface area contributed by atoms with Crippen molar-refractivity contribution in [3.05, 3.63) is 35.4 Å². The zero-order valence-electron chi connectivity index (χ0n) is 13.6. The zero-order chi connectivity index (χ0) is 16.1. The van der Waals surface area contributed by atoms with Crippen molar-refractivity contribution in [1.82, 2.24) is 5.32 Å². The van der Waals surface area contributed by atoms with Gasteiger partial charge < -0.3 is 10.1 Å². The van der Waals surface area contributed by atoms with Crippen LogP contribution in [-0.2, 0) is 27.2 Å². The van der Waals surface area contributed by atoms with Gasteiger partial charge in [-0.25, -0.2) is 4.79 Å². The van der Waals surface area contributed by atoms with Gasteiger partial charge in [-0.05, 0) is 62.1 Å². The highest BCUT2D eigenvalue weighted by Crippen LogP contribution is 2.29. The maximum Gasteiger partial charge on any atom is 0.330 e. The number of unbranched alkanes of at least 4 members (excludes halogenated alkanes) is 1. The van der Waals surface area contributed by atoms with E-state index in [0.29, 0.717) is 12.3 Å². The summed E-state index contributed by atoms with van der Waals surface area (Å²) >= 11 is 0. The summed E-state index contributed by atoms with van der Waals surface area (Å²) in [6, 6.07) is 8.36. The topological polar surface area (TPSA) is 55.4 Å². The molecule has 1 aromatic rings. The van der Waals surface area contributed by atoms with Gasteiger partial charge in [-0.1, -0.05) is 30.7 Å². The second-order valence-electron chi connectivity index (χ2n) is 6.73. The van der Waals surface area contributed by atoms with Crippen LogP contribution in [0.1, 0.15) is 49.7 Å². The summed E-state index contributed by atoms with van der Waals surface area (Å²) in [6.07, 6.45) is 7.36. The number of hydrogen-bond donors (Lipinski definition) is 1. The van der Waals surface area contributed by atoms with E-state index in [1.54, 1.807) is 0 Å². The molecule has 3 rings (SSSR count). The van der Waals surface area contributed by atoms with Crippen molar-refractivity contribution in [3.63, 3.8) is 0 Å². The van der Waals surface area contributed by atoms with Crippen LogP contribution in [0.2, 0.25) is 0 Å². The van der Waals surface area contributed by atoms with Crippen LogP contribution in [0.3, 0.4) is 0 Å². The Hall–Kier alpha value is -1.68. The van der Waals surface area contributed by atoms with Gasteiger partial charge in [0.2, 0.25) is 0 Å². The summed E-state index contributed by atoms with van der Waals surface area (Å²) in [5.41, 5.74) is 2.96. The molecule has 0 aromatic heterocycles.